The van der Waals surface area contributed by atoms with Gasteiger partial charge in [-0.05, 0) is 43.2 Å². The van der Waals surface area contributed by atoms with Crippen LogP contribution in [-0.4, -0.2) is 53.6 Å². The van der Waals surface area contributed by atoms with Gasteiger partial charge in [0, 0.05) is 13.0 Å². The van der Waals surface area contributed by atoms with Gasteiger partial charge in [-0.15, -0.1) is 0 Å². The maximum Gasteiger partial charge on any atom is 0.410 e. The van der Waals surface area contributed by atoms with Crippen molar-refractivity contribution >= 4 is 17.4 Å². The number of aliphatic hydroxyl groups is 1. The Morgan fingerprint density at radius 1 is 1.62 bits per heavy atom. The smallest absolute Gasteiger partial charge is 0.410 e. The van der Waals surface area contributed by atoms with Crippen LogP contribution in [-0.2, 0) is 15.9 Å². The second-order valence-corrected chi connectivity index (χ2v) is 7.00. The molecule has 21 heavy (non-hydrogen) atoms. The highest BCUT2D eigenvalue weighted by molar-refractivity contribution is 7.07. The first-order valence-corrected chi connectivity index (χ1v) is 8.07. The normalized spacial score (nSPS) is 21.1. The summed E-state index contributed by atoms with van der Waals surface area (Å²) in [7, 11) is 0. The van der Waals surface area contributed by atoms with E-state index in [0.29, 0.717) is 26.2 Å². The van der Waals surface area contributed by atoms with Crippen LogP contribution in [0, 0.1) is 0 Å². The maximum absolute atomic E-state index is 12.3. The SMILES string of the molecule is CC(C)(C)OC(=O)N1CCOCC1C(O)Cc1ccsc1. The number of thiophene rings is 1. The average molecular weight is 313 g/mol. The number of morpholine rings is 1. The fourth-order valence-corrected chi connectivity index (χ4v) is 2.96. The van der Waals surface area contributed by atoms with E-state index in [2.05, 4.69) is 0 Å². The predicted molar refractivity (Wildman–Crippen MR) is 81.6 cm³/mol. The summed E-state index contributed by atoms with van der Waals surface area (Å²) in [5.74, 6) is 0. The summed E-state index contributed by atoms with van der Waals surface area (Å²) < 4.78 is 10.8. The molecule has 118 valence electrons. The lowest BCUT2D eigenvalue weighted by molar-refractivity contribution is -0.0659. The lowest BCUT2D eigenvalue weighted by Gasteiger charge is -2.38. The number of ether oxygens (including phenoxy) is 2. The fourth-order valence-electron chi connectivity index (χ4n) is 2.28. The molecule has 2 rings (SSSR count). The van der Waals surface area contributed by atoms with E-state index in [-0.39, 0.29) is 12.1 Å². The van der Waals surface area contributed by atoms with Crippen molar-refractivity contribution in [2.45, 2.75) is 44.9 Å². The second kappa shape index (κ2) is 6.77. The van der Waals surface area contributed by atoms with Gasteiger partial charge >= 0.3 is 6.09 Å². The van der Waals surface area contributed by atoms with Crippen LogP contribution >= 0.6 is 11.3 Å². The molecule has 1 aliphatic rings. The number of rotatable bonds is 3. The van der Waals surface area contributed by atoms with Gasteiger partial charge in [0.25, 0.3) is 0 Å². The molecule has 1 aromatic heterocycles. The minimum absolute atomic E-state index is 0.338. The zero-order chi connectivity index (χ0) is 15.5. The van der Waals surface area contributed by atoms with E-state index < -0.39 is 11.7 Å². The number of nitrogens with zero attached hydrogens (tertiary/aromatic N) is 1. The van der Waals surface area contributed by atoms with Crippen LogP contribution in [0.3, 0.4) is 0 Å². The molecule has 1 N–H and O–H groups in total. The predicted octanol–water partition coefficient (Wildman–Crippen LogP) is 2.29. The summed E-state index contributed by atoms with van der Waals surface area (Å²) in [6.45, 7) is 6.76. The minimum atomic E-state index is -0.660. The molecular weight excluding hydrogens is 290 g/mol. The lowest BCUT2D eigenvalue weighted by Crippen LogP contribution is -2.55. The quantitative estimate of drug-likeness (QED) is 0.930. The first-order chi connectivity index (χ1) is 9.87. The standard InChI is InChI=1S/C15H23NO4S/c1-15(2,3)20-14(18)16-5-6-19-9-12(16)13(17)8-11-4-7-21-10-11/h4,7,10,12-13,17H,5-6,8-9H2,1-3H3. The zero-order valence-corrected chi connectivity index (χ0v) is 13.6. The van der Waals surface area contributed by atoms with Gasteiger partial charge in [0.1, 0.15) is 5.60 Å². The van der Waals surface area contributed by atoms with E-state index in [9.17, 15) is 9.90 Å². The molecule has 1 amide bonds. The van der Waals surface area contributed by atoms with E-state index in [1.54, 1.807) is 16.2 Å². The van der Waals surface area contributed by atoms with Crippen molar-refractivity contribution in [1.29, 1.82) is 0 Å². The second-order valence-electron chi connectivity index (χ2n) is 6.22. The molecule has 0 spiro atoms. The van der Waals surface area contributed by atoms with Crippen LogP contribution in [0.5, 0.6) is 0 Å². The number of carbonyl (C=O) groups excluding carboxylic acids is 1. The van der Waals surface area contributed by atoms with Crippen molar-refractivity contribution < 1.29 is 19.4 Å². The first kappa shape index (κ1) is 16.3. The monoisotopic (exact) mass is 313 g/mol. The Hall–Kier alpha value is -1.11. The van der Waals surface area contributed by atoms with Gasteiger partial charge in [-0.2, -0.15) is 11.3 Å². The Labute approximate surface area is 129 Å². The highest BCUT2D eigenvalue weighted by Gasteiger charge is 2.35. The molecule has 2 unspecified atom stereocenters. The molecule has 0 aliphatic carbocycles. The minimum Gasteiger partial charge on any atom is -0.444 e. The molecule has 1 fully saturated rings. The maximum atomic E-state index is 12.3. The van der Waals surface area contributed by atoms with E-state index >= 15 is 0 Å². The largest absolute Gasteiger partial charge is 0.444 e. The summed E-state index contributed by atoms with van der Waals surface area (Å²) in [6, 6.07) is 1.61. The van der Waals surface area contributed by atoms with Crippen LogP contribution < -0.4 is 0 Å². The van der Waals surface area contributed by atoms with Crippen LogP contribution in [0.4, 0.5) is 4.79 Å². The van der Waals surface area contributed by atoms with Crippen molar-refractivity contribution in [3.05, 3.63) is 22.4 Å². The summed E-state index contributed by atoms with van der Waals surface area (Å²) in [4.78, 5) is 13.9. The van der Waals surface area contributed by atoms with E-state index in [0.717, 1.165) is 5.56 Å². The third-order valence-electron chi connectivity index (χ3n) is 3.26. The van der Waals surface area contributed by atoms with Gasteiger partial charge in [-0.25, -0.2) is 4.79 Å². The number of amides is 1. The molecule has 0 bridgehead atoms. The Bertz CT molecular complexity index is 455. The third kappa shape index (κ3) is 4.69. The van der Waals surface area contributed by atoms with Crippen molar-refractivity contribution in [3.8, 4) is 0 Å². The van der Waals surface area contributed by atoms with Crippen LogP contribution in [0.25, 0.3) is 0 Å². The van der Waals surface area contributed by atoms with Gasteiger partial charge in [0.15, 0.2) is 0 Å². The van der Waals surface area contributed by atoms with Crippen LogP contribution in [0.2, 0.25) is 0 Å². The number of aliphatic hydroxyl groups excluding tert-OH is 1. The molecular formula is C15H23NO4S. The van der Waals surface area contributed by atoms with Crippen molar-refractivity contribution in [2.24, 2.45) is 0 Å². The molecule has 6 heteroatoms. The number of hydrogen-bond acceptors (Lipinski definition) is 5. The van der Waals surface area contributed by atoms with Gasteiger partial charge in [0.2, 0.25) is 0 Å². The van der Waals surface area contributed by atoms with Crippen molar-refractivity contribution in [2.75, 3.05) is 19.8 Å². The van der Waals surface area contributed by atoms with Crippen LogP contribution in [0.15, 0.2) is 16.8 Å². The van der Waals surface area contributed by atoms with E-state index in [1.165, 1.54) is 0 Å². The Balaban J connectivity index is 2.02. The third-order valence-corrected chi connectivity index (χ3v) is 3.99. The Kier molecular flexibility index (Phi) is 5.24. The van der Waals surface area contributed by atoms with Gasteiger partial charge in [-0.3, -0.25) is 4.90 Å². The molecule has 2 atom stereocenters. The average Bonchev–Trinajstić information content (AvgIpc) is 2.89. The van der Waals surface area contributed by atoms with Gasteiger partial charge < -0.3 is 14.6 Å². The molecule has 0 saturated carbocycles. The topological polar surface area (TPSA) is 59.0 Å². The molecule has 1 aromatic rings. The molecule has 0 aromatic carbocycles. The van der Waals surface area contributed by atoms with E-state index in [4.69, 9.17) is 9.47 Å². The molecule has 0 radical (unpaired) electrons. The van der Waals surface area contributed by atoms with Crippen molar-refractivity contribution in [3.63, 3.8) is 0 Å². The lowest BCUT2D eigenvalue weighted by atomic mass is 10.0. The molecule has 2 heterocycles. The highest BCUT2D eigenvalue weighted by atomic mass is 32.1. The highest BCUT2D eigenvalue weighted by Crippen LogP contribution is 2.19. The Morgan fingerprint density at radius 2 is 2.38 bits per heavy atom. The van der Waals surface area contributed by atoms with E-state index in [1.807, 2.05) is 37.6 Å². The fraction of sp³-hybridized carbons (Fsp3) is 0.667. The Morgan fingerprint density at radius 3 is 3.00 bits per heavy atom. The first-order valence-electron chi connectivity index (χ1n) is 7.13. The molecule has 5 nitrogen and oxygen atoms in total. The van der Waals surface area contributed by atoms with Gasteiger partial charge in [-0.1, -0.05) is 0 Å². The van der Waals surface area contributed by atoms with Crippen molar-refractivity contribution in [1.82, 2.24) is 4.90 Å². The molecule has 1 aliphatic heterocycles. The number of carbonyl (C=O) groups is 1. The molecule has 1 saturated heterocycles. The zero-order valence-electron chi connectivity index (χ0n) is 12.7. The van der Waals surface area contributed by atoms with Crippen LogP contribution in [0.1, 0.15) is 26.3 Å². The van der Waals surface area contributed by atoms with Gasteiger partial charge in [0.05, 0.1) is 25.4 Å². The summed E-state index contributed by atoms with van der Waals surface area (Å²) in [6.07, 6.45) is -0.538. The summed E-state index contributed by atoms with van der Waals surface area (Å²) in [5, 5.41) is 14.4. The summed E-state index contributed by atoms with van der Waals surface area (Å²) in [5.41, 5.74) is 0.528. The number of hydrogen-bond donors (Lipinski definition) is 1. The summed E-state index contributed by atoms with van der Waals surface area (Å²) >= 11 is 1.60.